The van der Waals surface area contributed by atoms with Gasteiger partial charge in [-0.3, -0.25) is 4.79 Å². The quantitative estimate of drug-likeness (QED) is 0.832. The largest absolute Gasteiger partial charge is 0.412 e. The smallest absolute Gasteiger partial charge is 0.354 e. The number of nitrogens with one attached hydrogen (secondary N) is 2. The zero-order valence-corrected chi connectivity index (χ0v) is 12.4. The standard InChI is InChI=1S/C12H17F3N6O2/c1-8-4-10(22)17-2-3-20(8)11(23)18-5-9(12(13,14)15)21-7-16-6-19-21/h6-9H,2-5H2,1H3,(H,17,22)(H,18,23). The van der Waals surface area contributed by atoms with Crippen LogP contribution in [0.1, 0.15) is 19.4 Å². The zero-order chi connectivity index (χ0) is 17.0. The lowest BCUT2D eigenvalue weighted by atomic mass is 10.2. The van der Waals surface area contributed by atoms with Crippen LogP contribution in [0.2, 0.25) is 0 Å². The second-order valence-electron chi connectivity index (χ2n) is 5.22. The van der Waals surface area contributed by atoms with Crippen LogP contribution in [0.15, 0.2) is 12.7 Å². The van der Waals surface area contributed by atoms with Gasteiger partial charge in [0, 0.05) is 25.6 Å². The summed E-state index contributed by atoms with van der Waals surface area (Å²) in [7, 11) is 0. The van der Waals surface area contributed by atoms with E-state index in [4.69, 9.17) is 0 Å². The molecule has 0 spiro atoms. The van der Waals surface area contributed by atoms with Crippen LogP contribution in [0, 0.1) is 0 Å². The van der Waals surface area contributed by atoms with Gasteiger partial charge in [-0.25, -0.2) is 14.5 Å². The van der Waals surface area contributed by atoms with E-state index in [0.717, 1.165) is 12.7 Å². The van der Waals surface area contributed by atoms with Crippen molar-refractivity contribution in [3.63, 3.8) is 0 Å². The number of hydrogen-bond acceptors (Lipinski definition) is 4. The van der Waals surface area contributed by atoms with Gasteiger partial charge in [0.1, 0.15) is 12.7 Å². The first-order valence-corrected chi connectivity index (χ1v) is 7.01. The molecule has 11 heteroatoms. The average molecular weight is 334 g/mol. The lowest BCUT2D eigenvalue weighted by Gasteiger charge is -2.28. The summed E-state index contributed by atoms with van der Waals surface area (Å²) in [5.41, 5.74) is 0. The predicted octanol–water partition coefficient (Wildman–Crippen LogP) is 0.301. The third-order valence-electron chi connectivity index (χ3n) is 3.53. The minimum Gasteiger partial charge on any atom is -0.354 e. The number of rotatable bonds is 3. The summed E-state index contributed by atoms with van der Waals surface area (Å²) in [5.74, 6) is -0.191. The summed E-state index contributed by atoms with van der Waals surface area (Å²) in [4.78, 5) is 28.3. The fraction of sp³-hybridized carbons (Fsp3) is 0.667. The molecule has 8 nitrogen and oxygen atoms in total. The maximum absolute atomic E-state index is 13.1. The zero-order valence-electron chi connectivity index (χ0n) is 12.4. The number of urea groups is 1. The molecule has 1 aromatic heterocycles. The molecule has 1 aromatic rings. The molecule has 1 aliphatic heterocycles. The molecule has 2 atom stereocenters. The Labute approximate surface area is 130 Å². The summed E-state index contributed by atoms with van der Waals surface area (Å²) in [6, 6.07) is -3.05. The number of hydrogen-bond donors (Lipinski definition) is 2. The van der Waals surface area contributed by atoms with E-state index in [9.17, 15) is 22.8 Å². The van der Waals surface area contributed by atoms with E-state index in [-0.39, 0.29) is 25.4 Å². The first-order chi connectivity index (χ1) is 10.8. The van der Waals surface area contributed by atoms with E-state index in [1.54, 1.807) is 6.92 Å². The lowest BCUT2D eigenvalue weighted by Crippen LogP contribution is -2.48. The lowest BCUT2D eigenvalue weighted by molar-refractivity contribution is -0.168. The third-order valence-corrected chi connectivity index (χ3v) is 3.53. The third kappa shape index (κ3) is 4.33. The summed E-state index contributed by atoms with van der Waals surface area (Å²) < 4.78 is 39.8. The Hall–Kier alpha value is -2.33. The molecule has 23 heavy (non-hydrogen) atoms. The summed E-state index contributed by atoms with van der Waals surface area (Å²) in [5, 5.41) is 8.35. The van der Waals surface area contributed by atoms with Crippen LogP contribution in [0.4, 0.5) is 18.0 Å². The molecule has 2 rings (SSSR count). The first kappa shape index (κ1) is 17.0. The molecule has 0 aliphatic carbocycles. The Bertz CT molecular complexity index is 547. The van der Waals surface area contributed by atoms with Crippen LogP contribution in [0.25, 0.3) is 0 Å². The van der Waals surface area contributed by atoms with Crippen molar-refractivity contribution in [3.8, 4) is 0 Å². The minimum atomic E-state index is -4.58. The Morgan fingerprint density at radius 2 is 2.30 bits per heavy atom. The number of amides is 3. The molecule has 1 fully saturated rings. The van der Waals surface area contributed by atoms with Gasteiger partial charge in [0.2, 0.25) is 5.91 Å². The normalized spacial score (nSPS) is 20.6. The van der Waals surface area contributed by atoms with Gasteiger partial charge in [-0.05, 0) is 6.92 Å². The van der Waals surface area contributed by atoms with Crippen molar-refractivity contribution in [2.75, 3.05) is 19.6 Å². The van der Waals surface area contributed by atoms with E-state index in [1.807, 2.05) is 0 Å². The van der Waals surface area contributed by atoms with Crippen molar-refractivity contribution in [2.45, 2.75) is 31.6 Å². The van der Waals surface area contributed by atoms with E-state index >= 15 is 0 Å². The van der Waals surface area contributed by atoms with E-state index < -0.39 is 30.8 Å². The fourth-order valence-corrected chi connectivity index (χ4v) is 2.31. The van der Waals surface area contributed by atoms with Crippen molar-refractivity contribution in [3.05, 3.63) is 12.7 Å². The van der Waals surface area contributed by atoms with Crippen LogP contribution in [-0.4, -0.2) is 63.5 Å². The topological polar surface area (TPSA) is 92.2 Å². The highest BCUT2D eigenvalue weighted by Crippen LogP contribution is 2.29. The molecule has 1 aliphatic rings. The molecule has 0 radical (unpaired) electrons. The van der Waals surface area contributed by atoms with Gasteiger partial charge >= 0.3 is 12.2 Å². The van der Waals surface area contributed by atoms with Crippen molar-refractivity contribution < 1.29 is 22.8 Å². The van der Waals surface area contributed by atoms with Crippen LogP contribution < -0.4 is 10.6 Å². The number of alkyl halides is 3. The number of nitrogens with zero attached hydrogens (tertiary/aromatic N) is 4. The SMILES string of the molecule is CC1CC(=O)NCCN1C(=O)NCC(n1cncn1)C(F)(F)F. The Kier molecular flexibility index (Phi) is 5.06. The van der Waals surface area contributed by atoms with Gasteiger partial charge in [0.15, 0.2) is 6.04 Å². The summed E-state index contributed by atoms with van der Waals surface area (Å²) in [6.07, 6.45) is -2.53. The highest BCUT2D eigenvalue weighted by atomic mass is 19.4. The highest BCUT2D eigenvalue weighted by Gasteiger charge is 2.42. The number of halogens is 3. The van der Waals surface area contributed by atoms with Gasteiger partial charge in [0.25, 0.3) is 0 Å². The second kappa shape index (κ2) is 6.84. The maximum atomic E-state index is 13.1. The molecule has 128 valence electrons. The first-order valence-electron chi connectivity index (χ1n) is 7.01. The Morgan fingerprint density at radius 3 is 2.91 bits per heavy atom. The van der Waals surface area contributed by atoms with Gasteiger partial charge in [-0.2, -0.15) is 18.3 Å². The van der Waals surface area contributed by atoms with Gasteiger partial charge < -0.3 is 15.5 Å². The maximum Gasteiger partial charge on any atom is 0.412 e. The van der Waals surface area contributed by atoms with Crippen molar-refractivity contribution in [1.29, 1.82) is 0 Å². The van der Waals surface area contributed by atoms with Gasteiger partial charge in [0.05, 0.1) is 6.54 Å². The predicted molar refractivity (Wildman–Crippen MR) is 72.3 cm³/mol. The molecule has 0 bridgehead atoms. The van der Waals surface area contributed by atoms with E-state index in [1.165, 1.54) is 4.90 Å². The number of aromatic nitrogens is 3. The van der Waals surface area contributed by atoms with E-state index in [0.29, 0.717) is 4.68 Å². The van der Waals surface area contributed by atoms with Gasteiger partial charge in [-0.1, -0.05) is 0 Å². The molecular formula is C12H17F3N6O2. The van der Waals surface area contributed by atoms with Gasteiger partial charge in [-0.15, -0.1) is 0 Å². The van der Waals surface area contributed by atoms with Crippen molar-refractivity contribution in [2.24, 2.45) is 0 Å². The Morgan fingerprint density at radius 1 is 1.57 bits per heavy atom. The average Bonchev–Trinajstić information content (AvgIpc) is 2.89. The monoisotopic (exact) mass is 334 g/mol. The summed E-state index contributed by atoms with van der Waals surface area (Å²) in [6.45, 7) is 1.50. The molecule has 1 saturated heterocycles. The van der Waals surface area contributed by atoms with Crippen LogP contribution >= 0.6 is 0 Å². The van der Waals surface area contributed by atoms with E-state index in [2.05, 4.69) is 20.7 Å². The highest BCUT2D eigenvalue weighted by molar-refractivity contribution is 5.80. The Balaban J connectivity index is 2.00. The molecular weight excluding hydrogens is 317 g/mol. The second-order valence-corrected chi connectivity index (χ2v) is 5.22. The van der Waals surface area contributed by atoms with Crippen LogP contribution in [0.5, 0.6) is 0 Å². The number of carbonyl (C=O) groups excluding carboxylic acids is 2. The summed E-state index contributed by atoms with van der Waals surface area (Å²) >= 11 is 0. The van der Waals surface area contributed by atoms with Crippen molar-refractivity contribution in [1.82, 2.24) is 30.3 Å². The molecule has 2 unspecified atom stereocenters. The van der Waals surface area contributed by atoms with Crippen LogP contribution in [-0.2, 0) is 4.79 Å². The van der Waals surface area contributed by atoms with Crippen molar-refractivity contribution >= 4 is 11.9 Å². The minimum absolute atomic E-state index is 0.110. The molecule has 2 N–H and O–H groups in total. The molecule has 2 heterocycles. The van der Waals surface area contributed by atoms with Crippen LogP contribution in [0.3, 0.4) is 0 Å². The number of carbonyl (C=O) groups is 2. The molecule has 0 saturated carbocycles. The molecule has 0 aromatic carbocycles. The fourth-order valence-electron chi connectivity index (χ4n) is 2.31. The molecule has 3 amide bonds.